The number of carbonyl (C=O) groups excluding carboxylic acids is 1. The van der Waals surface area contributed by atoms with Crippen LogP contribution in [0.2, 0.25) is 0 Å². The molecule has 0 unspecified atom stereocenters. The molecule has 37 heavy (non-hydrogen) atoms. The molecule has 7 rings (SSSR count). The molecule has 0 aliphatic rings. The SMILES string of the molecule is O=C(c1ccccc1)c1c(O)n(-c2ccccc2)c2nc(-c3ccccc3)[n+]3c4ccccc4sc3c12. The Morgan fingerprint density at radius 3 is 2.14 bits per heavy atom. The Morgan fingerprint density at radius 1 is 0.784 bits per heavy atom. The van der Waals surface area contributed by atoms with Crippen LogP contribution in [0.1, 0.15) is 15.9 Å². The summed E-state index contributed by atoms with van der Waals surface area (Å²) in [6.07, 6.45) is 0. The van der Waals surface area contributed by atoms with Gasteiger partial charge in [0.15, 0.2) is 11.3 Å². The monoisotopic (exact) mass is 498 g/mol. The highest BCUT2D eigenvalue weighted by Crippen LogP contribution is 2.40. The van der Waals surface area contributed by atoms with Gasteiger partial charge in [-0.25, -0.2) is 4.57 Å². The summed E-state index contributed by atoms with van der Waals surface area (Å²) in [7, 11) is 0. The third-order valence-corrected chi connectivity index (χ3v) is 7.73. The fraction of sp³-hybridized carbons (Fsp3) is 0. The van der Waals surface area contributed by atoms with Crippen molar-refractivity contribution in [2.24, 2.45) is 0 Å². The molecule has 0 atom stereocenters. The van der Waals surface area contributed by atoms with E-state index >= 15 is 0 Å². The second kappa shape index (κ2) is 8.40. The van der Waals surface area contributed by atoms with Gasteiger partial charge in [0.25, 0.3) is 5.65 Å². The molecule has 0 saturated heterocycles. The molecule has 0 aliphatic carbocycles. The van der Waals surface area contributed by atoms with E-state index < -0.39 is 0 Å². The Morgan fingerprint density at radius 2 is 1.41 bits per heavy atom. The molecule has 0 radical (unpaired) electrons. The van der Waals surface area contributed by atoms with Crippen LogP contribution >= 0.6 is 11.3 Å². The Labute approximate surface area is 216 Å². The Hall–Kier alpha value is -4.81. The smallest absolute Gasteiger partial charge is 0.339 e. The first-order valence-corrected chi connectivity index (χ1v) is 12.8. The fourth-order valence-electron chi connectivity index (χ4n) is 4.92. The third kappa shape index (κ3) is 3.27. The maximum atomic E-state index is 13.9. The molecule has 6 heteroatoms. The zero-order chi connectivity index (χ0) is 24.9. The summed E-state index contributed by atoms with van der Waals surface area (Å²) >= 11 is 1.59. The van der Waals surface area contributed by atoms with Crippen molar-refractivity contribution in [1.29, 1.82) is 0 Å². The second-order valence-electron chi connectivity index (χ2n) is 8.78. The number of hydrogen-bond donors (Lipinski definition) is 1. The molecular weight excluding hydrogens is 478 g/mol. The highest BCUT2D eigenvalue weighted by atomic mass is 32.1. The summed E-state index contributed by atoms with van der Waals surface area (Å²) in [6.45, 7) is 0. The first-order chi connectivity index (χ1) is 18.2. The van der Waals surface area contributed by atoms with Gasteiger partial charge in [0.1, 0.15) is 10.9 Å². The summed E-state index contributed by atoms with van der Waals surface area (Å²) in [5.74, 6) is 0.382. The number of thiazole rings is 1. The Balaban J connectivity index is 1.70. The van der Waals surface area contributed by atoms with Gasteiger partial charge in [0.05, 0.1) is 16.0 Å². The Bertz CT molecular complexity index is 1940. The normalized spacial score (nSPS) is 11.5. The number of para-hydroxylation sites is 2. The van der Waals surface area contributed by atoms with Crippen molar-refractivity contribution in [2.75, 3.05) is 0 Å². The number of nitrogens with zero attached hydrogens (tertiary/aromatic N) is 3. The van der Waals surface area contributed by atoms with Crippen LogP contribution in [-0.2, 0) is 0 Å². The number of aromatic nitrogens is 3. The van der Waals surface area contributed by atoms with E-state index in [0.29, 0.717) is 16.6 Å². The van der Waals surface area contributed by atoms with Crippen molar-refractivity contribution in [2.45, 2.75) is 0 Å². The minimum atomic E-state index is -0.244. The zero-order valence-corrected chi connectivity index (χ0v) is 20.4. The molecule has 4 aromatic carbocycles. The van der Waals surface area contributed by atoms with Crippen LogP contribution in [0.15, 0.2) is 115 Å². The van der Waals surface area contributed by atoms with Gasteiger partial charge in [-0.2, -0.15) is 4.40 Å². The van der Waals surface area contributed by atoms with Gasteiger partial charge in [-0.1, -0.05) is 90.2 Å². The number of fused-ring (bicyclic) bond motifs is 5. The summed E-state index contributed by atoms with van der Waals surface area (Å²) in [5, 5.41) is 12.3. The lowest BCUT2D eigenvalue weighted by Gasteiger charge is -2.05. The molecule has 0 spiro atoms. The molecule has 176 valence electrons. The minimum absolute atomic E-state index is 0.118. The minimum Gasteiger partial charge on any atom is -0.494 e. The molecule has 0 bridgehead atoms. The number of rotatable bonds is 4. The van der Waals surface area contributed by atoms with E-state index in [2.05, 4.69) is 16.5 Å². The van der Waals surface area contributed by atoms with Crippen molar-refractivity contribution in [3.8, 4) is 23.0 Å². The van der Waals surface area contributed by atoms with Crippen LogP contribution < -0.4 is 4.40 Å². The van der Waals surface area contributed by atoms with Gasteiger partial charge >= 0.3 is 5.82 Å². The maximum absolute atomic E-state index is 13.9. The molecule has 7 aromatic rings. The van der Waals surface area contributed by atoms with Crippen LogP contribution in [0.5, 0.6) is 5.88 Å². The average molecular weight is 499 g/mol. The van der Waals surface area contributed by atoms with Gasteiger partial charge in [-0.15, -0.1) is 0 Å². The van der Waals surface area contributed by atoms with Gasteiger partial charge in [-0.3, -0.25) is 4.79 Å². The van der Waals surface area contributed by atoms with E-state index in [1.165, 1.54) is 0 Å². The first kappa shape index (κ1) is 21.5. The highest BCUT2D eigenvalue weighted by Gasteiger charge is 2.34. The largest absolute Gasteiger partial charge is 0.494 e. The summed E-state index contributed by atoms with van der Waals surface area (Å²) in [4.78, 5) is 19.9. The van der Waals surface area contributed by atoms with Gasteiger partial charge in [-0.05, 0) is 41.4 Å². The standard InChI is InChI=1S/C31H19N3O2S/c35-27(20-12-4-1-5-13-20)25-26-29(33(30(25)36)22-16-8-3-9-17-22)32-28(21-14-6-2-7-15-21)34-23-18-10-11-19-24(23)37-31(26)34/h1-19H/p+1. The molecule has 0 fully saturated rings. The molecule has 3 aromatic heterocycles. The van der Waals surface area contributed by atoms with E-state index in [4.69, 9.17) is 4.98 Å². The molecule has 0 aliphatic heterocycles. The van der Waals surface area contributed by atoms with Crippen LogP contribution in [-0.4, -0.2) is 20.4 Å². The van der Waals surface area contributed by atoms with Crippen LogP contribution in [0, 0.1) is 0 Å². The predicted octanol–water partition coefficient (Wildman–Crippen LogP) is 6.58. The molecular formula is C31H20N3O2S+. The molecule has 5 nitrogen and oxygen atoms in total. The number of carbonyl (C=O) groups is 1. The van der Waals surface area contributed by atoms with E-state index in [1.807, 2.05) is 91.0 Å². The topological polar surface area (TPSA) is 59.2 Å². The van der Waals surface area contributed by atoms with Crippen LogP contribution in [0.3, 0.4) is 0 Å². The van der Waals surface area contributed by atoms with Crippen LogP contribution in [0.25, 0.3) is 43.2 Å². The van der Waals surface area contributed by atoms with Crippen molar-refractivity contribution < 1.29 is 14.3 Å². The maximum Gasteiger partial charge on any atom is 0.339 e. The van der Waals surface area contributed by atoms with Crippen molar-refractivity contribution in [1.82, 2.24) is 9.55 Å². The van der Waals surface area contributed by atoms with Crippen molar-refractivity contribution in [3.05, 3.63) is 126 Å². The fourth-order valence-corrected chi connectivity index (χ4v) is 6.11. The quantitative estimate of drug-likeness (QED) is 0.220. The van der Waals surface area contributed by atoms with E-state index in [-0.39, 0.29) is 17.2 Å². The zero-order valence-electron chi connectivity index (χ0n) is 19.6. The van der Waals surface area contributed by atoms with Gasteiger partial charge in [0, 0.05) is 5.56 Å². The Kier molecular flexibility index (Phi) is 4.87. The number of ketones is 1. The van der Waals surface area contributed by atoms with Crippen molar-refractivity contribution >= 4 is 43.2 Å². The van der Waals surface area contributed by atoms with E-state index in [1.54, 1.807) is 28.0 Å². The van der Waals surface area contributed by atoms with Crippen LogP contribution in [0.4, 0.5) is 0 Å². The average Bonchev–Trinajstić information content (AvgIpc) is 3.48. The first-order valence-electron chi connectivity index (χ1n) is 11.9. The van der Waals surface area contributed by atoms with E-state index in [0.717, 1.165) is 32.1 Å². The molecule has 0 amide bonds. The van der Waals surface area contributed by atoms with Gasteiger partial charge in [0.2, 0.25) is 10.7 Å². The molecule has 1 N–H and O–H groups in total. The number of hydrogen-bond acceptors (Lipinski definition) is 4. The van der Waals surface area contributed by atoms with Gasteiger partial charge < -0.3 is 5.11 Å². The summed E-state index contributed by atoms with van der Waals surface area (Å²) in [6, 6.07) is 36.8. The molecule has 0 saturated carbocycles. The lowest BCUT2D eigenvalue weighted by molar-refractivity contribution is -0.467. The second-order valence-corrected chi connectivity index (χ2v) is 9.81. The summed E-state index contributed by atoms with van der Waals surface area (Å²) in [5.41, 5.74) is 3.97. The predicted molar refractivity (Wildman–Crippen MR) is 147 cm³/mol. The summed E-state index contributed by atoms with van der Waals surface area (Å²) < 4.78 is 4.86. The highest BCUT2D eigenvalue weighted by molar-refractivity contribution is 7.24. The van der Waals surface area contributed by atoms with E-state index in [9.17, 15) is 9.90 Å². The lowest BCUT2D eigenvalue weighted by Crippen LogP contribution is -2.25. The van der Waals surface area contributed by atoms with Crippen molar-refractivity contribution in [3.63, 3.8) is 0 Å². The third-order valence-electron chi connectivity index (χ3n) is 6.58. The lowest BCUT2D eigenvalue weighted by atomic mass is 10.0. The molecule has 3 heterocycles. The number of benzene rings is 4. The number of aromatic hydroxyl groups is 1.